The number of carbonyl (C=O) groups is 1. The molecule has 4 aliphatic carbocycles. The second-order valence-electron chi connectivity index (χ2n) is 34.8. The summed E-state index contributed by atoms with van der Waals surface area (Å²) >= 11 is 9.33. The Hall–Kier alpha value is -4.26. The second-order valence-corrected chi connectivity index (χ2v) is 51.7. The van der Waals surface area contributed by atoms with Gasteiger partial charge in [0.2, 0.25) is 0 Å². The van der Waals surface area contributed by atoms with Crippen molar-refractivity contribution in [1.82, 2.24) is 16.0 Å². The van der Waals surface area contributed by atoms with Gasteiger partial charge in [0.25, 0.3) is 0 Å². The van der Waals surface area contributed by atoms with Crippen LogP contribution < -0.4 is 30.7 Å². The number of aliphatic hydroxyl groups excluding tert-OH is 2. The number of aldehydes is 1. The van der Waals surface area contributed by atoms with Crippen LogP contribution in [0.25, 0.3) is 0 Å². The third-order valence-corrected chi connectivity index (χ3v) is 38.3. The molecule has 13 rings (SSSR count). The first kappa shape index (κ1) is 90.3. The molecule has 5 N–H and O–H groups in total. The molecule has 109 heavy (non-hydrogen) atoms. The summed E-state index contributed by atoms with van der Waals surface area (Å²) in [6.45, 7) is 46.5. The molecule has 7 aliphatic rings. The number of piperazine rings is 3. The molecular weight excluding hydrogens is 1640 g/mol. The zero-order valence-corrected chi connectivity index (χ0v) is 74.8. The molecule has 0 bridgehead atoms. The lowest BCUT2D eigenvalue weighted by atomic mass is 10.0. The topological polar surface area (TPSA) is 131 Å². The number of anilines is 3. The molecule has 4 unspecified atom stereocenters. The Morgan fingerprint density at radius 2 is 0.661 bits per heavy atom. The number of hydrogen-bond donors (Lipinski definition) is 5. The SMILES string of the molecule is CC(C)(C)[Si](C)(C)OC(c1ccc(F)c(Br)c1)C1CC1.CC(C)(C)[Si](C)(C)OC(c1ccc(F)c(N2CCNCC2)c1)C1CC1.C[C@@H](O[Si](C)(C)C(C)(C)C)c1ccc(F)c(N2CCNCC2)c1.O=Cc1ccc(F)c(Br)c1.OC(c1ccc(F)c(Br)c1)C1CC1.OC(c1ccc(F)c(N2CCNCC2)c1)C1CC1. The summed E-state index contributed by atoms with van der Waals surface area (Å²) in [5.74, 6) is 0.653. The van der Waals surface area contributed by atoms with Gasteiger partial charge in [0.15, 0.2) is 25.0 Å². The minimum absolute atomic E-state index is 0.0156. The number of nitrogens with one attached hydrogen (secondary N) is 3. The van der Waals surface area contributed by atoms with Gasteiger partial charge in [-0.05, 0) is 291 Å². The number of aliphatic hydroxyl groups is 2. The molecule has 24 heteroatoms. The number of rotatable bonds is 19. The predicted octanol–water partition coefficient (Wildman–Crippen LogP) is 22.2. The van der Waals surface area contributed by atoms with Crippen molar-refractivity contribution in [3.63, 3.8) is 0 Å². The third-order valence-electron chi connectivity index (χ3n) is 23.0. The highest BCUT2D eigenvalue weighted by Gasteiger charge is 2.46. The smallest absolute Gasteiger partial charge is 0.192 e. The standard InChI is InChI=1S/C20H33FN2OSi.C18H31FN2OSi.C16H24BrFOSi.C14H19FN2O.C10H10BrFO.C7H4BrFO/c1-20(2,3)25(4,5)24-19(15-6-7-15)16-8-9-17(21)18(14-16)23-12-10-22-11-13-23;1-14(22-23(5,6)18(2,3)4)15-7-8-16(19)17(13-15)21-11-9-20-10-12-21;1-16(2,3)20(4,5)19-15(11-6-7-11)12-8-9-14(18)13(17)10-12;15-12-4-3-11(14(18)10-1-2-10)9-13(12)17-7-5-16-6-8-17;11-8-5-7(3-4-9(8)12)10(13)6-1-2-6;8-6-3-5(4-10)1-2-7(6)9/h8-9,14-15,19,22H,6-7,10-13H2,1-5H3;7-8,13-14,20H,9-12H2,1-6H3;8-11,15H,6-7H2,1-5H3;3-4,9-10,14,16,18H,1-2,5-8H2;3-6,10,13H,1-2H2;1-4H/t;14-;;;;/m.1..../s1. The van der Waals surface area contributed by atoms with Crippen molar-refractivity contribution in [2.24, 2.45) is 23.7 Å². The van der Waals surface area contributed by atoms with E-state index in [2.05, 4.69) is 193 Å². The molecule has 0 radical (unpaired) electrons. The number of halogens is 9. The Labute approximate surface area is 675 Å². The Bertz CT molecular complexity index is 3930. The summed E-state index contributed by atoms with van der Waals surface area (Å²) in [6.07, 6.45) is 9.25. The van der Waals surface area contributed by atoms with Crippen molar-refractivity contribution >= 4 is 96.1 Å². The Kier molecular flexibility index (Phi) is 32.6. The van der Waals surface area contributed by atoms with Gasteiger partial charge >= 0.3 is 0 Å². The van der Waals surface area contributed by atoms with Crippen LogP contribution in [0.2, 0.25) is 54.4 Å². The van der Waals surface area contributed by atoms with Crippen LogP contribution in [-0.2, 0) is 13.3 Å². The van der Waals surface area contributed by atoms with Crippen molar-refractivity contribution in [2.45, 2.75) is 206 Å². The molecule has 6 aromatic carbocycles. The van der Waals surface area contributed by atoms with Crippen LogP contribution in [0.5, 0.6) is 0 Å². The highest BCUT2D eigenvalue weighted by atomic mass is 79.9. The average molecular weight is 1760 g/mol. The summed E-state index contributed by atoms with van der Waals surface area (Å²) in [5.41, 5.74) is 7.51. The molecule has 6 aromatic rings. The van der Waals surface area contributed by atoms with Crippen LogP contribution in [0.1, 0.15) is 189 Å². The summed E-state index contributed by atoms with van der Waals surface area (Å²) in [6, 6.07) is 30.1. The maximum atomic E-state index is 14.5. The summed E-state index contributed by atoms with van der Waals surface area (Å²) < 4.78 is 102. The molecule has 0 spiro atoms. The Morgan fingerprint density at radius 1 is 0.394 bits per heavy atom. The normalized spacial score (nSPS) is 18.6. The number of carbonyl (C=O) groups excluding carboxylic acids is 1. The minimum atomic E-state index is -1.86. The molecule has 12 nitrogen and oxygen atoms in total. The average Bonchev–Trinajstić information content (AvgIpc) is 1.69. The second kappa shape index (κ2) is 39.4. The van der Waals surface area contributed by atoms with Gasteiger partial charge in [-0.3, -0.25) is 4.79 Å². The van der Waals surface area contributed by atoms with Gasteiger partial charge in [-0.2, -0.15) is 0 Å². The predicted molar refractivity (Wildman–Crippen MR) is 452 cm³/mol. The van der Waals surface area contributed by atoms with Crippen LogP contribution in [0.15, 0.2) is 123 Å². The van der Waals surface area contributed by atoms with Crippen LogP contribution in [0.4, 0.5) is 43.4 Å². The summed E-state index contributed by atoms with van der Waals surface area (Å²) in [4.78, 5) is 16.5. The van der Waals surface area contributed by atoms with E-state index in [1.165, 1.54) is 62.1 Å². The van der Waals surface area contributed by atoms with Gasteiger partial charge in [0.05, 0.1) is 61.0 Å². The first-order valence-corrected chi connectivity index (χ1v) is 50.2. The lowest BCUT2D eigenvalue weighted by Gasteiger charge is -2.40. The van der Waals surface area contributed by atoms with Crippen LogP contribution in [0, 0.1) is 58.6 Å². The number of nitrogens with zero attached hydrogens (tertiary/aromatic N) is 3. The largest absolute Gasteiger partial charge is 0.410 e. The van der Waals surface area contributed by atoms with Crippen LogP contribution in [-0.4, -0.2) is 120 Å². The van der Waals surface area contributed by atoms with E-state index >= 15 is 0 Å². The van der Waals surface area contributed by atoms with Crippen molar-refractivity contribution < 1.29 is 54.6 Å². The Morgan fingerprint density at radius 3 is 0.982 bits per heavy atom. The molecule has 0 aromatic heterocycles. The van der Waals surface area contributed by atoms with E-state index in [4.69, 9.17) is 13.3 Å². The van der Waals surface area contributed by atoms with Gasteiger partial charge in [0.1, 0.15) is 41.2 Å². The van der Waals surface area contributed by atoms with Crippen LogP contribution >= 0.6 is 47.8 Å². The molecule has 5 atom stereocenters. The highest BCUT2D eigenvalue weighted by Crippen LogP contribution is 2.51. The molecule has 602 valence electrons. The van der Waals surface area contributed by atoms with Crippen molar-refractivity contribution in [3.8, 4) is 0 Å². The minimum Gasteiger partial charge on any atom is -0.410 e. The van der Waals surface area contributed by atoms with E-state index in [0.717, 1.165) is 138 Å². The third kappa shape index (κ3) is 26.4. The fourth-order valence-corrected chi connectivity index (χ4v) is 17.5. The number of benzene rings is 6. The zero-order valence-electron chi connectivity index (χ0n) is 67.1. The monoisotopic (exact) mass is 1760 g/mol. The van der Waals surface area contributed by atoms with Crippen LogP contribution in [0.3, 0.4) is 0 Å². The van der Waals surface area contributed by atoms with Crippen molar-refractivity contribution in [1.29, 1.82) is 0 Å². The molecule has 4 saturated carbocycles. The van der Waals surface area contributed by atoms with Gasteiger partial charge in [-0.15, -0.1) is 0 Å². The number of hydrogen-bond acceptors (Lipinski definition) is 12. The fraction of sp³-hybridized carbons (Fsp3) is 0.565. The lowest BCUT2D eigenvalue weighted by Crippen LogP contribution is -2.44. The fourth-order valence-electron chi connectivity index (χ4n) is 12.3. The first-order chi connectivity index (χ1) is 51.1. The van der Waals surface area contributed by atoms with E-state index in [0.29, 0.717) is 60.3 Å². The molecule has 0 amide bonds. The van der Waals surface area contributed by atoms with E-state index in [-0.39, 0.29) is 68.3 Å². The van der Waals surface area contributed by atoms with E-state index in [1.54, 1.807) is 30.3 Å². The quantitative estimate of drug-likeness (QED) is 0.0301. The maximum Gasteiger partial charge on any atom is 0.192 e. The summed E-state index contributed by atoms with van der Waals surface area (Å²) in [5, 5.41) is 30.3. The molecule has 3 aliphatic heterocycles. The van der Waals surface area contributed by atoms with Crippen molar-refractivity contribution in [2.75, 3.05) is 93.2 Å². The molecule has 3 saturated heterocycles. The lowest BCUT2D eigenvalue weighted by molar-refractivity contribution is 0.112. The van der Waals surface area contributed by atoms with Gasteiger partial charge < -0.3 is 54.1 Å². The Balaban J connectivity index is 0.000000168. The highest BCUT2D eigenvalue weighted by molar-refractivity contribution is 9.11. The van der Waals surface area contributed by atoms with E-state index in [9.17, 15) is 41.4 Å². The van der Waals surface area contributed by atoms with Crippen molar-refractivity contribution in [3.05, 3.63) is 191 Å². The zero-order chi connectivity index (χ0) is 80.1. The van der Waals surface area contributed by atoms with E-state index in [1.807, 2.05) is 36.4 Å². The molecule has 3 heterocycles. The van der Waals surface area contributed by atoms with Gasteiger partial charge in [0, 0.05) is 84.1 Å². The van der Waals surface area contributed by atoms with Gasteiger partial charge in [-0.25, -0.2) is 26.3 Å². The molecular formula is C85H121Br3F6N6O6Si3. The maximum absolute atomic E-state index is 14.5. The first-order valence-electron chi connectivity index (χ1n) is 39.0. The van der Waals surface area contributed by atoms with E-state index < -0.39 is 37.2 Å². The molecule has 7 fully saturated rings. The van der Waals surface area contributed by atoms with Gasteiger partial charge in [-0.1, -0.05) is 92.6 Å². The summed E-state index contributed by atoms with van der Waals surface area (Å²) in [7, 11) is -5.51.